The molecule has 0 rings (SSSR count). The molecule has 0 saturated carbocycles. The molecule has 0 spiro atoms. The maximum Gasteiger partial charge on any atom is 0.323 e. The zero-order chi connectivity index (χ0) is 14.3. The lowest BCUT2D eigenvalue weighted by molar-refractivity contribution is -0.159. The quantitative estimate of drug-likeness (QED) is 0.732. The predicted octanol–water partition coefficient (Wildman–Crippen LogP) is 1.51. The van der Waals surface area contributed by atoms with Gasteiger partial charge in [0, 0.05) is 6.54 Å². The van der Waals surface area contributed by atoms with E-state index in [1.165, 1.54) is 7.11 Å². The first-order valence-corrected chi connectivity index (χ1v) is 6.20. The molecule has 18 heavy (non-hydrogen) atoms. The van der Waals surface area contributed by atoms with Crippen LogP contribution < -0.4 is 5.32 Å². The van der Waals surface area contributed by atoms with Crippen molar-refractivity contribution in [1.82, 2.24) is 5.32 Å². The zero-order valence-corrected chi connectivity index (χ0v) is 12.2. The molecule has 5 heteroatoms. The Hall–Kier alpha value is -1.10. The van der Waals surface area contributed by atoms with Crippen LogP contribution in [-0.4, -0.2) is 37.2 Å². The van der Waals surface area contributed by atoms with Gasteiger partial charge < -0.3 is 14.8 Å². The summed E-state index contributed by atoms with van der Waals surface area (Å²) in [6, 6.07) is -0.408. The first-order chi connectivity index (χ1) is 8.17. The van der Waals surface area contributed by atoms with Crippen molar-refractivity contribution in [3.8, 4) is 0 Å². The van der Waals surface area contributed by atoms with Gasteiger partial charge in [-0.3, -0.25) is 9.59 Å². The highest BCUT2D eigenvalue weighted by Crippen LogP contribution is 2.12. The zero-order valence-electron chi connectivity index (χ0n) is 12.2. The summed E-state index contributed by atoms with van der Waals surface area (Å²) in [5, 5.41) is 3.03. The minimum absolute atomic E-state index is 0.0949. The van der Waals surface area contributed by atoms with Crippen LogP contribution in [0.3, 0.4) is 0 Å². The molecule has 0 heterocycles. The second-order valence-corrected chi connectivity index (χ2v) is 5.54. The normalized spacial score (nSPS) is 13.3. The fourth-order valence-electron chi connectivity index (χ4n) is 1.39. The Kier molecular flexibility index (Phi) is 6.91. The fraction of sp³-hybridized carbons (Fsp3) is 0.846. The van der Waals surface area contributed by atoms with Crippen LogP contribution in [0, 0.1) is 5.92 Å². The largest absolute Gasteiger partial charge is 0.469 e. The summed E-state index contributed by atoms with van der Waals surface area (Å²) in [5.41, 5.74) is -0.506. The summed E-state index contributed by atoms with van der Waals surface area (Å²) in [6.45, 7) is 9.75. The third kappa shape index (κ3) is 7.27. The van der Waals surface area contributed by atoms with E-state index in [9.17, 15) is 9.59 Å². The Labute approximate surface area is 109 Å². The van der Waals surface area contributed by atoms with Crippen molar-refractivity contribution in [2.45, 2.75) is 52.7 Å². The summed E-state index contributed by atoms with van der Waals surface area (Å²) >= 11 is 0. The van der Waals surface area contributed by atoms with Crippen LogP contribution in [-0.2, 0) is 19.1 Å². The van der Waals surface area contributed by atoms with Gasteiger partial charge in [-0.1, -0.05) is 13.8 Å². The number of ether oxygens (including phenoxy) is 2. The molecule has 0 unspecified atom stereocenters. The van der Waals surface area contributed by atoms with Gasteiger partial charge in [0.15, 0.2) is 0 Å². The van der Waals surface area contributed by atoms with Crippen molar-refractivity contribution in [3.63, 3.8) is 0 Å². The summed E-state index contributed by atoms with van der Waals surface area (Å²) in [5.74, 6) is -0.492. The third-order valence-electron chi connectivity index (χ3n) is 2.25. The smallest absolute Gasteiger partial charge is 0.323 e. The van der Waals surface area contributed by atoms with Crippen molar-refractivity contribution in [1.29, 1.82) is 0 Å². The lowest BCUT2D eigenvalue weighted by Gasteiger charge is -2.26. The highest BCUT2D eigenvalue weighted by molar-refractivity contribution is 5.76. The van der Waals surface area contributed by atoms with Crippen LogP contribution >= 0.6 is 0 Å². The summed E-state index contributed by atoms with van der Waals surface area (Å²) in [7, 11) is 1.34. The van der Waals surface area contributed by atoms with Crippen molar-refractivity contribution >= 4 is 11.9 Å². The van der Waals surface area contributed by atoms with Gasteiger partial charge >= 0.3 is 11.9 Å². The Balaban J connectivity index is 4.31. The molecule has 5 nitrogen and oxygen atoms in total. The third-order valence-corrected chi connectivity index (χ3v) is 2.25. The molecule has 0 bridgehead atoms. The lowest BCUT2D eigenvalue weighted by Crippen LogP contribution is -2.45. The van der Waals surface area contributed by atoms with Crippen molar-refractivity contribution in [3.05, 3.63) is 0 Å². The number of methoxy groups -OCH3 is 1. The molecule has 0 amide bonds. The van der Waals surface area contributed by atoms with Gasteiger partial charge in [-0.25, -0.2) is 0 Å². The number of esters is 2. The molecule has 1 atom stereocenters. The van der Waals surface area contributed by atoms with E-state index in [-0.39, 0.29) is 24.3 Å². The summed E-state index contributed by atoms with van der Waals surface area (Å²) < 4.78 is 9.87. The van der Waals surface area contributed by atoms with E-state index in [2.05, 4.69) is 10.1 Å². The van der Waals surface area contributed by atoms with Gasteiger partial charge in [0.25, 0.3) is 0 Å². The number of nitrogens with one attached hydrogen (secondary N) is 1. The molecule has 1 N–H and O–H groups in total. The van der Waals surface area contributed by atoms with E-state index < -0.39 is 11.6 Å². The maximum absolute atomic E-state index is 11.9. The van der Waals surface area contributed by atoms with Gasteiger partial charge in [-0.05, 0) is 26.7 Å². The minimum Gasteiger partial charge on any atom is -0.469 e. The van der Waals surface area contributed by atoms with Crippen LogP contribution in [0.5, 0.6) is 0 Å². The molecular weight excluding hydrogens is 234 g/mol. The maximum atomic E-state index is 11.9. The average molecular weight is 259 g/mol. The van der Waals surface area contributed by atoms with Crippen LogP contribution in [0.4, 0.5) is 0 Å². The Morgan fingerprint density at radius 1 is 1.22 bits per heavy atom. The summed E-state index contributed by atoms with van der Waals surface area (Å²) in [4.78, 5) is 22.9. The first kappa shape index (κ1) is 16.9. The molecule has 0 aromatic rings. The Bertz CT molecular complexity index is 281. The minimum atomic E-state index is -0.506. The molecule has 0 saturated heterocycles. The van der Waals surface area contributed by atoms with E-state index in [0.717, 1.165) is 0 Å². The van der Waals surface area contributed by atoms with Crippen LogP contribution in [0.15, 0.2) is 0 Å². The van der Waals surface area contributed by atoms with Gasteiger partial charge in [0.05, 0.1) is 13.5 Å². The number of rotatable bonds is 6. The van der Waals surface area contributed by atoms with Crippen LogP contribution in [0.2, 0.25) is 0 Å². The Morgan fingerprint density at radius 3 is 2.17 bits per heavy atom. The topological polar surface area (TPSA) is 64.6 Å². The lowest BCUT2D eigenvalue weighted by atomic mass is 10.0. The van der Waals surface area contributed by atoms with Crippen molar-refractivity contribution in [2.75, 3.05) is 13.7 Å². The van der Waals surface area contributed by atoms with E-state index in [0.29, 0.717) is 6.54 Å². The van der Waals surface area contributed by atoms with E-state index in [1.807, 2.05) is 34.6 Å². The molecule has 0 aliphatic carbocycles. The molecule has 0 aromatic carbocycles. The summed E-state index contributed by atoms with van der Waals surface area (Å²) in [6.07, 6.45) is 0.239. The van der Waals surface area contributed by atoms with Gasteiger partial charge in [0.2, 0.25) is 0 Å². The molecule has 0 aliphatic heterocycles. The predicted molar refractivity (Wildman–Crippen MR) is 69.1 cm³/mol. The molecule has 0 fully saturated rings. The molecule has 0 aromatic heterocycles. The molecule has 0 aliphatic rings. The van der Waals surface area contributed by atoms with E-state index >= 15 is 0 Å². The second-order valence-electron chi connectivity index (χ2n) is 5.54. The average Bonchev–Trinajstić information content (AvgIpc) is 2.20. The first-order valence-electron chi connectivity index (χ1n) is 6.20. The van der Waals surface area contributed by atoms with Gasteiger partial charge in [-0.15, -0.1) is 0 Å². The number of hydrogen-bond acceptors (Lipinski definition) is 5. The van der Waals surface area contributed by atoms with E-state index in [1.54, 1.807) is 0 Å². The van der Waals surface area contributed by atoms with Crippen LogP contribution in [0.25, 0.3) is 0 Å². The highest BCUT2D eigenvalue weighted by Gasteiger charge is 2.27. The number of carbonyl (C=O) groups excluding carboxylic acids is 2. The van der Waals surface area contributed by atoms with Gasteiger partial charge in [0.1, 0.15) is 11.6 Å². The van der Waals surface area contributed by atoms with E-state index in [4.69, 9.17) is 4.74 Å². The molecular formula is C13H25NO4. The second kappa shape index (κ2) is 7.36. The number of carbonyl (C=O) groups is 2. The monoisotopic (exact) mass is 259 g/mol. The fourth-order valence-corrected chi connectivity index (χ4v) is 1.39. The Morgan fingerprint density at radius 2 is 1.78 bits per heavy atom. The van der Waals surface area contributed by atoms with Crippen molar-refractivity contribution in [2.24, 2.45) is 5.92 Å². The number of hydrogen-bond donors (Lipinski definition) is 1. The van der Waals surface area contributed by atoms with Gasteiger partial charge in [-0.2, -0.15) is 0 Å². The SMILES string of the molecule is COC(=O)CCN[C@@H](C(=O)OC(C)(C)C)C(C)C. The molecule has 0 radical (unpaired) electrons. The van der Waals surface area contributed by atoms with Crippen molar-refractivity contribution < 1.29 is 19.1 Å². The highest BCUT2D eigenvalue weighted by atomic mass is 16.6. The standard InChI is InChI=1S/C13H25NO4/c1-9(2)11(12(16)18-13(3,4)5)14-8-7-10(15)17-6/h9,11,14H,7-8H2,1-6H3/t11-/m1/s1. The molecule has 106 valence electrons. The van der Waals surface area contributed by atoms with Crippen LogP contribution in [0.1, 0.15) is 41.0 Å².